The number of hydrogen-bond donors (Lipinski definition) is 1. The maximum atomic E-state index is 14.0. The number of nitrogens with zero attached hydrogens (tertiary/aromatic N) is 3. The molecule has 1 aromatic carbocycles. The standard InChI is InChI=1S/C13H15FN4O3S3/c1-8(11(19)15-12-16-17-13(22-2)23-12)18(24(3,20)21)10-7-5-4-6-9(10)14/h4-8H,1-3H3,(H,15,16,19). The van der Waals surface area contributed by atoms with Crippen molar-refractivity contribution in [2.75, 3.05) is 22.1 Å². The molecule has 0 aliphatic carbocycles. The molecule has 1 unspecified atom stereocenters. The Bertz CT molecular complexity index is 840. The summed E-state index contributed by atoms with van der Waals surface area (Å²) in [4.78, 5) is 12.4. The number of rotatable bonds is 6. The number of carbonyl (C=O) groups is 1. The third-order valence-corrected chi connectivity index (χ3v) is 6.03. The van der Waals surface area contributed by atoms with Crippen molar-refractivity contribution in [1.29, 1.82) is 0 Å². The molecule has 1 amide bonds. The van der Waals surface area contributed by atoms with Crippen molar-refractivity contribution >= 4 is 49.8 Å². The molecular formula is C13H15FN4O3S3. The van der Waals surface area contributed by atoms with Gasteiger partial charge in [-0.25, -0.2) is 12.8 Å². The van der Waals surface area contributed by atoms with E-state index in [0.29, 0.717) is 4.34 Å². The van der Waals surface area contributed by atoms with Crippen LogP contribution in [0.2, 0.25) is 0 Å². The molecule has 0 saturated heterocycles. The Kier molecular flexibility index (Phi) is 5.78. The van der Waals surface area contributed by atoms with Crippen LogP contribution < -0.4 is 9.62 Å². The lowest BCUT2D eigenvalue weighted by Crippen LogP contribution is -2.45. The van der Waals surface area contributed by atoms with Gasteiger partial charge < -0.3 is 0 Å². The summed E-state index contributed by atoms with van der Waals surface area (Å²) in [6.45, 7) is 1.37. The maximum absolute atomic E-state index is 14.0. The van der Waals surface area contributed by atoms with Crippen molar-refractivity contribution < 1.29 is 17.6 Å². The summed E-state index contributed by atoms with van der Waals surface area (Å²) >= 11 is 2.54. The first-order valence-corrected chi connectivity index (χ1v) is 10.5. The highest BCUT2D eigenvalue weighted by molar-refractivity contribution is 8.00. The van der Waals surface area contributed by atoms with Gasteiger partial charge >= 0.3 is 0 Å². The second-order valence-electron chi connectivity index (χ2n) is 4.75. The van der Waals surface area contributed by atoms with E-state index in [0.717, 1.165) is 28.0 Å². The predicted molar refractivity (Wildman–Crippen MR) is 93.5 cm³/mol. The summed E-state index contributed by atoms with van der Waals surface area (Å²) < 4.78 is 39.6. The Morgan fingerprint density at radius 3 is 2.58 bits per heavy atom. The fourth-order valence-electron chi connectivity index (χ4n) is 1.96. The van der Waals surface area contributed by atoms with Crippen LogP contribution >= 0.6 is 23.1 Å². The topological polar surface area (TPSA) is 92.3 Å². The molecular weight excluding hydrogens is 375 g/mol. The number of anilines is 2. The molecule has 0 fully saturated rings. The first-order chi connectivity index (χ1) is 11.2. The zero-order valence-electron chi connectivity index (χ0n) is 13.1. The van der Waals surface area contributed by atoms with Gasteiger partial charge in [-0.3, -0.25) is 14.4 Å². The molecule has 0 aliphatic heterocycles. The summed E-state index contributed by atoms with van der Waals surface area (Å²) in [6.07, 6.45) is 2.73. The first kappa shape index (κ1) is 18.6. The monoisotopic (exact) mass is 390 g/mol. The minimum Gasteiger partial charge on any atom is -0.299 e. The van der Waals surface area contributed by atoms with Gasteiger partial charge in [0.2, 0.25) is 21.1 Å². The number of carbonyl (C=O) groups excluding carboxylic acids is 1. The number of nitrogens with one attached hydrogen (secondary N) is 1. The summed E-state index contributed by atoms with van der Waals surface area (Å²) in [7, 11) is -3.88. The van der Waals surface area contributed by atoms with Crippen molar-refractivity contribution in [3.05, 3.63) is 30.1 Å². The van der Waals surface area contributed by atoms with Crippen LogP contribution in [-0.2, 0) is 14.8 Å². The summed E-state index contributed by atoms with van der Waals surface area (Å²) in [5.74, 6) is -1.37. The Balaban J connectivity index is 2.29. The lowest BCUT2D eigenvalue weighted by atomic mass is 10.2. The third kappa shape index (κ3) is 4.22. The molecule has 1 aromatic heterocycles. The number of aromatic nitrogens is 2. The van der Waals surface area contributed by atoms with E-state index < -0.39 is 27.8 Å². The third-order valence-electron chi connectivity index (χ3n) is 2.99. The van der Waals surface area contributed by atoms with Crippen molar-refractivity contribution in [3.63, 3.8) is 0 Å². The van der Waals surface area contributed by atoms with Gasteiger partial charge in [0.05, 0.1) is 11.9 Å². The van der Waals surface area contributed by atoms with E-state index in [2.05, 4.69) is 15.5 Å². The van der Waals surface area contributed by atoms with Crippen LogP contribution in [0.5, 0.6) is 0 Å². The van der Waals surface area contributed by atoms with Gasteiger partial charge in [-0.15, -0.1) is 10.2 Å². The lowest BCUT2D eigenvalue weighted by molar-refractivity contribution is -0.116. The van der Waals surface area contributed by atoms with E-state index in [9.17, 15) is 17.6 Å². The van der Waals surface area contributed by atoms with Gasteiger partial charge in [-0.05, 0) is 25.3 Å². The van der Waals surface area contributed by atoms with E-state index >= 15 is 0 Å². The van der Waals surface area contributed by atoms with Gasteiger partial charge in [0, 0.05) is 0 Å². The molecule has 2 rings (SSSR count). The molecule has 0 spiro atoms. The van der Waals surface area contributed by atoms with E-state index in [1.165, 1.54) is 36.9 Å². The van der Waals surface area contributed by atoms with Crippen LogP contribution in [0.4, 0.5) is 15.2 Å². The molecule has 0 aliphatic rings. The Hall–Kier alpha value is -1.72. The molecule has 1 N–H and O–H groups in total. The van der Waals surface area contributed by atoms with Crippen LogP contribution in [0, 0.1) is 5.82 Å². The van der Waals surface area contributed by atoms with Crippen LogP contribution in [0.1, 0.15) is 6.92 Å². The van der Waals surface area contributed by atoms with E-state index in [1.807, 2.05) is 6.26 Å². The Morgan fingerprint density at radius 2 is 2.04 bits per heavy atom. The van der Waals surface area contributed by atoms with Gasteiger partial charge in [0.1, 0.15) is 11.9 Å². The normalized spacial score (nSPS) is 12.7. The molecule has 2 aromatic rings. The van der Waals surface area contributed by atoms with Gasteiger partial charge in [-0.1, -0.05) is 35.2 Å². The zero-order chi connectivity index (χ0) is 17.9. The SMILES string of the molecule is CSc1nnc(NC(=O)C(C)N(c2ccccc2F)S(C)(=O)=O)s1. The number of amides is 1. The fourth-order valence-corrected chi connectivity index (χ4v) is 4.31. The lowest BCUT2D eigenvalue weighted by Gasteiger charge is -2.28. The number of para-hydroxylation sites is 1. The number of halogens is 1. The van der Waals surface area contributed by atoms with Crippen LogP contribution in [-0.4, -0.2) is 43.1 Å². The highest BCUT2D eigenvalue weighted by Gasteiger charge is 2.31. The van der Waals surface area contributed by atoms with Gasteiger partial charge in [0.25, 0.3) is 0 Å². The van der Waals surface area contributed by atoms with Crippen molar-refractivity contribution in [1.82, 2.24) is 10.2 Å². The summed E-state index contributed by atoms with van der Waals surface area (Å²) in [5.41, 5.74) is -0.190. The van der Waals surface area contributed by atoms with E-state index in [4.69, 9.17) is 0 Å². The molecule has 1 heterocycles. The van der Waals surface area contributed by atoms with Crippen molar-refractivity contribution in [3.8, 4) is 0 Å². The van der Waals surface area contributed by atoms with Crippen molar-refractivity contribution in [2.24, 2.45) is 0 Å². The number of thioether (sulfide) groups is 1. The average Bonchev–Trinajstić information content (AvgIpc) is 2.95. The number of benzene rings is 1. The minimum atomic E-state index is -3.88. The molecule has 0 radical (unpaired) electrons. The maximum Gasteiger partial charge on any atom is 0.249 e. The van der Waals surface area contributed by atoms with Crippen LogP contribution in [0.15, 0.2) is 28.6 Å². The largest absolute Gasteiger partial charge is 0.299 e. The molecule has 1 atom stereocenters. The molecule has 24 heavy (non-hydrogen) atoms. The zero-order valence-corrected chi connectivity index (χ0v) is 15.5. The van der Waals surface area contributed by atoms with Crippen molar-refractivity contribution in [2.45, 2.75) is 17.3 Å². The second-order valence-corrected chi connectivity index (χ2v) is 8.64. The number of sulfonamides is 1. The van der Waals surface area contributed by atoms with Crippen LogP contribution in [0.25, 0.3) is 0 Å². The molecule has 0 saturated carbocycles. The quantitative estimate of drug-likeness (QED) is 0.600. The fraction of sp³-hybridized carbons (Fsp3) is 0.308. The first-order valence-electron chi connectivity index (χ1n) is 6.66. The van der Waals surface area contributed by atoms with Gasteiger partial charge in [0.15, 0.2) is 4.34 Å². The van der Waals surface area contributed by atoms with E-state index in [-0.39, 0.29) is 10.8 Å². The predicted octanol–water partition coefficient (Wildman–Crippen LogP) is 2.19. The van der Waals surface area contributed by atoms with Crippen LogP contribution in [0.3, 0.4) is 0 Å². The average molecular weight is 390 g/mol. The molecule has 7 nitrogen and oxygen atoms in total. The minimum absolute atomic E-state index is 0.190. The van der Waals surface area contributed by atoms with Gasteiger partial charge in [-0.2, -0.15) is 0 Å². The highest BCUT2D eigenvalue weighted by atomic mass is 32.2. The van der Waals surface area contributed by atoms with E-state index in [1.54, 1.807) is 0 Å². The highest BCUT2D eigenvalue weighted by Crippen LogP contribution is 2.26. The summed E-state index contributed by atoms with van der Waals surface area (Å²) in [6, 6.07) is 4.20. The smallest absolute Gasteiger partial charge is 0.249 e. The number of hydrogen-bond acceptors (Lipinski definition) is 7. The second kappa shape index (κ2) is 7.45. The molecule has 0 bridgehead atoms. The molecule has 130 valence electrons. The Morgan fingerprint density at radius 1 is 1.38 bits per heavy atom. The molecule has 11 heteroatoms. The summed E-state index contributed by atoms with van der Waals surface area (Å²) in [5, 5.41) is 10.4. The Labute approximate surface area is 147 Å².